The quantitative estimate of drug-likeness (QED) is 0.0320. The largest absolute Gasteiger partial charge is 0.466 e. The van der Waals surface area contributed by atoms with E-state index in [4.69, 9.17) is 4.74 Å². The minimum Gasteiger partial charge on any atom is -0.466 e. The Hall–Kier alpha value is -1.40. The first-order chi connectivity index (χ1) is 39.0. The molecule has 0 aromatic carbocycles. The average Bonchev–Trinajstić information content (AvgIpc) is 3.45. The number of unbranched alkanes of at least 4 members (excludes halogenated alkanes) is 56. The molecule has 0 bridgehead atoms. The molecule has 1 amide bonds. The average molecular weight is 1110 g/mol. The Morgan fingerprint density at radius 1 is 0.342 bits per heavy atom. The lowest BCUT2D eigenvalue weighted by molar-refractivity contribution is -0.143. The summed E-state index contributed by atoms with van der Waals surface area (Å²) in [6.07, 6.45) is 85.8. The molecule has 0 radical (unpaired) electrons. The standard InChI is InChI=1S/C73H143NO5/c1-3-5-7-9-11-13-15-16-42-46-49-53-57-61-65-71(76)70(69-75)74-72(77)66-62-58-54-50-47-43-40-38-36-34-32-30-28-26-24-22-20-18-17-19-21-23-25-27-29-31-33-35-37-39-41-44-48-52-56-60-64-68-79-73(78)67-63-59-55-51-45-14-12-10-8-6-4-2/h10,12,70-71,75-76H,3-9,11,13-69H2,1-2H3,(H,74,77)/b12-10-. The number of amides is 1. The van der Waals surface area contributed by atoms with Crippen molar-refractivity contribution in [3.8, 4) is 0 Å². The SMILES string of the molecule is CCCC/C=C\CCCCCCCC(=O)OCCCCCCCCCCCCCCCCCCCCCCCCCCCCCCCCCCCCCCCC(=O)NC(CO)C(O)CCCCCCCCCCCCCCCC. The van der Waals surface area contributed by atoms with E-state index in [1.807, 2.05) is 0 Å². The number of ether oxygens (including phenoxy) is 1. The Kier molecular flexibility index (Phi) is 67.9. The highest BCUT2D eigenvalue weighted by Gasteiger charge is 2.20. The summed E-state index contributed by atoms with van der Waals surface area (Å²) in [4.78, 5) is 24.5. The number of carbonyl (C=O) groups is 2. The highest BCUT2D eigenvalue weighted by atomic mass is 16.5. The molecular weight excluding hydrogens is 971 g/mol. The van der Waals surface area contributed by atoms with Crippen molar-refractivity contribution in [3.63, 3.8) is 0 Å². The van der Waals surface area contributed by atoms with Crippen LogP contribution < -0.4 is 5.32 Å². The van der Waals surface area contributed by atoms with Gasteiger partial charge >= 0.3 is 5.97 Å². The van der Waals surface area contributed by atoms with Gasteiger partial charge in [0.15, 0.2) is 0 Å². The van der Waals surface area contributed by atoms with Gasteiger partial charge in [0, 0.05) is 12.8 Å². The Labute approximate surface area is 495 Å². The summed E-state index contributed by atoms with van der Waals surface area (Å²) >= 11 is 0. The molecule has 2 atom stereocenters. The smallest absolute Gasteiger partial charge is 0.305 e. The summed E-state index contributed by atoms with van der Waals surface area (Å²) in [6, 6.07) is -0.535. The van der Waals surface area contributed by atoms with Crippen LogP contribution in [0.3, 0.4) is 0 Å². The van der Waals surface area contributed by atoms with Gasteiger partial charge < -0.3 is 20.3 Å². The third-order valence-electron chi connectivity index (χ3n) is 17.3. The highest BCUT2D eigenvalue weighted by molar-refractivity contribution is 5.76. The Balaban J connectivity index is 3.28. The Morgan fingerprint density at radius 3 is 0.937 bits per heavy atom. The summed E-state index contributed by atoms with van der Waals surface area (Å²) in [5, 5.41) is 23.3. The first kappa shape index (κ1) is 77.6. The van der Waals surface area contributed by atoms with Crippen LogP contribution in [0.15, 0.2) is 12.2 Å². The number of hydrogen-bond acceptors (Lipinski definition) is 5. The van der Waals surface area contributed by atoms with E-state index in [1.54, 1.807) is 0 Å². The molecule has 0 saturated heterocycles. The second-order valence-electron chi connectivity index (χ2n) is 25.3. The van der Waals surface area contributed by atoms with Crippen LogP contribution in [0.1, 0.15) is 418 Å². The minimum absolute atomic E-state index is 0.0129. The van der Waals surface area contributed by atoms with Gasteiger partial charge in [-0.3, -0.25) is 9.59 Å². The predicted molar refractivity (Wildman–Crippen MR) is 347 cm³/mol. The molecule has 0 heterocycles. The number of nitrogens with one attached hydrogen (secondary N) is 1. The molecule has 0 aromatic heterocycles. The molecule has 0 aliphatic carbocycles. The summed E-state index contributed by atoms with van der Waals surface area (Å²) in [6.45, 7) is 4.95. The first-order valence-corrected chi connectivity index (χ1v) is 36.4. The van der Waals surface area contributed by atoms with Gasteiger partial charge in [-0.05, 0) is 44.9 Å². The van der Waals surface area contributed by atoms with Gasteiger partial charge in [-0.15, -0.1) is 0 Å². The van der Waals surface area contributed by atoms with E-state index in [0.29, 0.717) is 25.9 Å². The number of esters is 1. The van der Waals surface area contributed by atoms with Gasteiger partial charge in [-0.25, -0.2) is 0 Å². The van der Waals surface area contributed by atoms with Crippen LogP contribution in [0.5, 0.6) is 0 Å². The maximum atomic E-state index is 12.5. The minimum atomic E-state index is -0.659. The van der Waals surface area contributed by atoms with Crippen LogP contribution in [-0.2, 0) is 14.3 Å². The van der Waals surface area contributed by atoms with E-state index in [0.717, 1.165) is 44.9 Å². The fraction of sp³-hybridized carbons (Fsp3) is 0.945. The van der Waals surface area contributed by atoms with Gasteiger partial charge in [0.2, 0.25) is 5.91 Å². The van der Waals surface area contributed by atoms with E-state index < -0.39 is 12.1 Å². The molecular formula is C73H143NO5. The van der Waals surface area contributed by atoms with E-state index in [-0.39, 0.29) is 18.5 Å². The van der Waals surface area contributed by atoms with Crippen molar-refractivity contribution in [2.75, 3.05) is 13.2 Å². The normalized spacial score (nSPS) is 12.5. The van der Waals surface area contributed by atoms with Gasteiger partial charge in [0.05, 0.1) is 25.4 Å². The van der Waals surface area contributed by atoms with Crippen molar-refractivity contribution in [1.82, 2.24) is 5.32 Å². The predicted octanol–water partition coefficient (Wildman–Crippen LogP) is 23.5. The zero-order valence-corrected chi connectivity index (χ0v) is 53.9. The van der Waals surface area contributed by atoms with E-state index in [1.165, 1.54) is 340 Å². The van der Waals surface area contributed by atoms with Crippen LogP contribution >= 0.6 is 0 Å². The van der Waals surface area contributed by atoms with Gasteiger partial charge in [-0.2, -0.15) is 0 Å². The zero-order valence-electron chi connectivity index (χ0n) is 53.9. The second-order valence-corrected chi connectivity index (χ2v) is 25.3. The molecule has 0 aliphatic heterocycles. The lowest BCUT2D eigenvalue weighted by atomic mass is 10.0. The van der Waals surface area contributed by atoms with Gasteiger partial charge in [0.1, 0.15) is 0 Å². The number of rotatable bonds is 69. The van der Waals surface area contributed by atoms with Gasteiger partial charge in [0.25, 0.3) is 0 Å². The second kappa shape index (κ2) is 69.1. The lowest BCUT2D eigenvalue weighted by Crippen LogP contribution is -2.45. The maximum Gasteiger partial charge on any atom is 0.305 e. The molecule has 6 nitrogen and oxygen atoms in total. The third kappa shape index (κ3) is 65.6. The molecule has 2 unspecified atom stereocenters. The van der Waals surface area contributed by atoms with E-state index in [2.05, 4.69) is 31.3 Å². The summed E-state index contributed by atoms with van der Waals surface area (Å²) in [5.41, 5.74) is 0. The number of allylic oxidation sites excluding steroid dienone is 2. The zero-order chi connectivity index (χ0) is 57.1. The highest BCUT2D eigenvalue weighted by Crippen LogP contribution is 2.20. The van der Waals surface area contributed by atoms with Crippen LogP contribution in [0.4, 0.5) is 0 Å². The van der Waals surface area contributed by atoms with Crippen molar-refractivity contribution >= 4 is 11.9 Å². The van der Waals surface area contributed by atoms with E-state index >= 15 is 0 Å². The van der Waals surface area contributed by atoms with Crippen LogP contribution in [0, 0.1) is 0 Å². The monoisotopic (exact) mass is 1110 g/mol. The van der Waals surface area contributed by atoms with Crippen molar-refractivity contribution in [2.45, 2.75) is 431 Å². The molecule has 470 valence electrons. The van der Waals surface area contributed by atoms with E-state index in [9.17, 15) is 19.8 Å². The summed E-state index contributed by atoms with van der Waals surface area (Å²) < 4.78 is 5.47. The first-order valence-electron chi connectivity index (χ1n) is 36.4. The maximum absolute atomic E-state index is 12.5. The van der Waals surface area contributed by atoms with Crippen molar-refractivity contribution in [3.05, 3.63) is 12.2 Å². The molecule has 0 fully saturated rings. The van der Waals surface area contributed by atoms with Crippen molar-refractivity contribution < 1.29 is 24.5 Å². The molecule has 0 saturated carbocycles. The number of carbonyl (C=O) groups excluding carboxylic acids is 2. The topological polar surface area (TPSA) is 95.9 Å². The van der Waals surface area contributed by atoms with Crippen LogP contribution in [-0.4, -0.2) is 47.4 Å². The number of hydrogen-bond donors (Lipinski definition) is 3. The number of aliphatic hydroxyl groups excluding tert-OH is 2. The molecule has 0 spiro atoms. The molecule has 0 aromatic rings. The fourth-order valence-corrected chi connectivity index (χ4v) is 11.7. The molecule has 6 heteroatoms. The van der Waals surface area contributed by atoms with Crippen molar-refractivity contribution in [1.29, 1.82) is 0 Å². The summed E-state index contributed by atoms with van der Waals surface area (Å²) in [7, 11) is 0. The molecule has 3 N–H and O–H groups in total. The molecule has 0 rings (SSSR count). The Bertz CT molecular complexity index is 1190. The number of aliphatic hydroxyl groups is 2. The lowest BCUT2D eigenvalue weighted by Gasteiger charge is -2.22. The molecule has 79 heavy (non-hydrogen) atoms. The van der Waals surface area contributed by atoms with Gasteiger partial charge in [-0.1, -0.05) is 373 Å². The Morgan fingerprint density at radius 2 is 0.608 bits per heavy atom. The van der Waals surface area contributed by atoms with Crippen LogP contribution in [0.25, 0.3) is 0 Å². The summed E-state index contributed by atoms with van der Waals surface area (Å²) in [5.74, 6) is -0.0132. The molecule has 0 aliphatic rings. The fourth-order valence-electron chi connectivity index (χ4n) is 11.7. The third-order valence-corrected chi connectivity index (χ3v) is 17.3. The van der Waals surface area contributed by atoms with Crippen molar-refractivity contribution in [2.24, 2.45) is 0 Å². The van der Waals surface area contributed by atoms with Crippen LogP contribution in [0.2, 0.25) is 0 Å².